The molecule has 2 aromatic rings. The quantitative estimate of drug-likeness (QED) is 0.920. The van der Waals surface area contributed by atoms with Crippen LogP contribution in [-0.2, 0) is 23.4 Å². The molecule has 7 heteroatoms. The van der Waals surface area contributed by atoms with Crippen LogP contribution < -0.4 is 5.32 Å². The summed E-state index contributed by atoms with van der Waals surface area (Å²) in [5.41, 5.74) is 1.28. The zero-order valence-electron chi connectivity index (χ0n) is 12.7. The number of carbonyl (C=O) groups is 1. The number of carbonyl (C=O) groups excluding carboxylic acids is 1. The molecule has 0 saturated heterocycles. The monoisotopic (exact) mass is 309 g/mol. The van der Waals surface area contributed by atoms with Crippen LogP contribution in [0, 0.1) is 6.92 Å². The van der Waals surface area contributed by atoms with Gasteiger partial charge in [0, 0.05) is 30.5 Å². The molecule has 0 aliphatic carbocycles. The summed E-state index contributed by atoms with van der Waals surface area (Å²) in [7, 11) is 0. The molecule has 6 nitrogen and oxygen atoms in total. The van der Waals surface area contributed by atoms with E-state index in [1.54, 1.807) is 30.9 Å². The normalized spacial score (nSPS) is 11.7. The highest BCUT2D eigenvalue weighted by molar-refractivity contribution is 6.30. The molecule has 2 rings (SSSR count). The number of aryl methyl sites for hydroxylation is 1. The maximum atomic E-state index is 12.4. The maximum Gasteiger partial charge on any atom is 0.247 e. The van der Waals surface area contributed by atoms with Crippen LogP contribution in [0.2, 0.25) is 5.02 Å². The summed E-state index contributed by atoms with van der Waals surface area (Å²) >= 11 is 5.86. The Morgan fingerprint density at radius 2 is 2.10 bits per heavy atom. The number of nitrogens with zero attached hydrogens (tertiary/aromatic N) is 4. The van der Waals surface area contributed by atoms with Crippen LogP contribution in [0.3, 0.4) is 0 Å². The topological polar surface area (TPSA) is 64.7 Å². The molecule has 2 heterocycles. The van der Waals surface area contributed by atoms with Crippen molar-refractivity contribution in [3.63, 3.8) is 0 Å². The van der Waals surface area contributed by atoms with Gasteiger partial charge in [0.1, 0.15) is 5.54 Å². The van der Waals surface area contributed by atoms with Gasteiger partial charge < -0.3 is 5.32 Å². The van der Waals surface area contributed by atoms with E-state index in [4.69, 9.17) is 11.6 Å². The molecular formula is C14H20ClN5O. The van der Waals surface area contributed by atoms with Crippen molar-refractivity contribution in [1.29, 1.82) is 0 Å². The van der Waals surface area contributed by atoms with E-state index in [9.17, 15) is 4.79 Å². The molecule has 0 spiro atoms. The van der Waals surface area contributed by atoms with Crippen molar-refractivity contribution in [2.45, 2.75) is 46.3 Å². The fourth-order valence-electron chi connectivity index (χ4n) is 2.08. The Kier molecular flexibility index (Phi) is 4.37. The van der Waals surface area contributed by atoms with E-state index in [1.807, 2.05) is 18.5 Å². The van der Waals surface area contributed by atoms with E-state index in [2.05, 4.69) is 15.5 Å². The molecule has 1 amide bonds. The van der Waals surface area contributed by atoms with E-state index in [-0.39, 0.29) is 5.91 Å². The van der Waals surface area contributed by atoms with E-state index in [1.165, 1.54) is 6.20 Å². The van der Waals surface area contributed by atoms with Gasteiger partial charge in [-0.1, -0.05) is 11.6 Å². The summed E-state index contributed by atoms with van der Waals surface area (Å²) in [6.07, 6.45) is 4.95. The number of hydrogen-bond acceptors (Lipinski definition) is 3. The maximum absolute atomic E-state index is 12.4. The molecule has 0 saturated carbocycles. The Balaban J connectivity index is 2.05. The first-order chi connectivity index (χ1) is 9.86. The smallest absolute Gasteiger partial charge is 0.247 e. The molecule has 0 unspecified atom stereocenters. The molecule has 0 bridgehead atoms. The average molecular weight is 310 g/mol. The fraction of sp³-hybridized carbons (Fsp3) is 0.500. The predicted octanol–water partition coefficient (Wildman–Crippen LogP) is 2.11. The standard InChI is InChI=1S/C14H20ClN5O/c1-5-19-10(2)11(7-17-19)6-16-13(21)14(3,4)20-9-12(15)8-18-20/h7-9H,5-6H2,1-4H3,(H,16,21). The highest BCUT2D eigenvalue weighted by Gasteiger charge is 2.30. The Hall–Kier alpha value is -1.82. The second-order valence-corrected chi connectivity index (χ2v) is 5.85. The van der Waals surface area contributed by atoms with Crippen LogP contribution in [0.15, 0.2) is 18.6 Å². The van der Waals surface area contributed by atoms with Crippen LogP contribution >= 0.6 is 11.6 Å². The average Bonchev–Trinajstić information content (AvgIpc) is 3.02. The molecule has 0 fully saturated rings. The van der Waals surface area contributed by atoms with Gasteiger partial charge in [0.2, 0.25) is 5.91 Å². The third kappa shape index (κ3) is 3.10. The van der Waals surface area contributed by atoms with Crippen molar-refractivity contribution >= 4 is 17.5 Å². The zero-order chi connectivity index (χ0) is 15.6. The number of nitrogens with one attached hydrogen (secondary N) is 1. The lowest BCUT2D eigenvalue weighted by Crippen LogP contribution is -2.44. The summed E-state index contributed by atoms with van der Waals surface area (Å²) in [4.78, 5) is 12.4. The second-order valence-electron chi connectivity index (χ2n) is 5.42. The summed E-state index contributed by atoms with van der Waals surface area (Å²) in [5.74, 6) is -0.120. The Morgan fingerprint density at radius 1 is 1.38 bits per heavy atom. The minimum Gasteiger partial charge on any atom is -0.350 e. The summed E-state index contributed by atoms with van der Waals surface area (Å²) in [6, 6.07) is 0. The lowest BCUT2D eigenvalue weighted by molar-refractivity contribution is -0.129. The molecule has 1 N–H and O–H groups in total. The van der Waals surface area contributed by atoms with E-state index in [0.717, 1.165) is 17.8 Å². The zero-order valence-corrected chi connectivity index (χ0v) is 13.5. The predicted molar refractivity (Wildman–Crippen MR) is 81.0 cm³/mol. The molecule has 0 atom stereocenters. The minimum absolute atomic E-state index is 0.120. The number of hydrogen-bond donors (Lipinski definition) is 1. The Bertz CT molecular complexity index is 644. The molecule has 0 aliphatic heterocycles. The van der Waals surface area contributed by atoms with Gasteiger partial charge in [-0.05, 0) is 27.7 Å². The van der Waals surface area contributed by atoms with Crippen LogP contribution in [-0.4, -0.2) is 25.5 Å². The van der Waals surface area contributed by atoms with Gasteiger partial charge in [-0.25, -0.2) is 0 Å². The van der Waals surface area contributed by atoms with E-state index >= 15 is 0 Å². The highest BCUT2D eigenvalue weighted by atomic mass is 35.5. The first-order valence-electron chi connectivity index (χ1n) is 6.86. The second kappa shape index (κ2) is 5.89. The first kappa shape index (κ1) is 15.6. The SMILES string of the molecule is CCn1ncc(CNC(=O)C(C)(C)n2cc(Cl)cn2)c1C. The van der Waals surface area contributed by atoms with E-state index < -0.39 is 5.54 Å². The minimum atomic E-state index is -0.804. The van der Waals surface area contributed by atoms with Crippen molar-refractivity contribution in [2.75, 3.05) is 0 Å². The molecule has 0 aliphatic rings. The van der Waals surface area contributed by atoms with Gasteiger partial charge in [0.15, 0.2) is 0 Å². The number of rotatable bonds is 5. The highest BCUT2D eigenvalue weighted by Crippen LogP contribution is 2.18. The van der Waals surface area contributed by atoms with Crippen LogP contribution in [0.5, 0.6) is 0 Å². The van der Waals surface area contributed by atoms with Crippen molar-refractivity contribution in [3.05, 3.63) is 34.9 Å². The van der Waals surface area contributed by atoms with Gasteiger partial charge in [0.05, 0.1) is 17.4 Å². The van der Waals surface area contributed by atoms with Crippen molar-refractivity contribution in [1.82, 2.24) is 24.9 Å². The first-order valence-corrected chi connectivity index (χ1v) is 7.24. The molecule has 2 aromatic heterocycles. The lowest BCUT2D eigenvalue weighted by atomic mass is 10.0. The third-order valence-electron chi connectivity index (χ3n) is 3.62. The third-order valence-corrected chi connectivity index (χ3v) is 3.82. The van der Waals surface area contributed by atoms with Gasteiger partial charge in [-0.2, -0.15) is 10.2 Å². The molecule has 0 radical (unpaired) electrons. The van der Waals surface area contributed by atoms with Crippen molar-refractivity contribution in [2.24, 2.45) is 0 Å². The molecule has 114 valence electrons. The summed E-state index contributed by atoms with van der Waals surface area (Å²) < 4.78 is 3.47. The molecular weight excluding hydrogens is 290 g/mol. The van der Waals surface area contributed by atoms with Gasteiger partial charge in [-0.15, -0.1) is 0 Å². The van der Waals surface area contributed by atoms with Crippen molar-refractivity contribution < 1.29 is 4.79 Å². The Morgan fingerprint density at radius 3 is 2.62 bits per heavy atom. The summed E-state index contributed by atoms with van der Waals surface area (Å²) in [5, 5.41) is 11.8. The number of amides is 1. The molecule has 21 heavy (non-hydrogen) atoms. The Labute approximate surface area is 129 Å². The largest absolute Gasteiger partial charge is 0.350 e. The van der Waals surface area contributed by atoms with Crippen LogP contribution in [0.4, 0.5) is 0 Å². The van der Waals surface area contributed by atoms with Gasteiger partial charge >= 0.3 is 0 Å². The van der Waals surface area contributed by atoms with E-state index in [0.29, 0.717) is 11.6 Å². The fourth-order valence-corrected chi connectivity index (χ4v) is 2.22. The van der Waals surface area contributed by atoms with Gasteiger partial charge in [-0.3, -0.25) is 14.2 Å². The lowest BCUT2D eigenvalue weighted by Gasteiger charge is -2.24. The number of halogens is 1. The van der Waals surface area contributed by atoms with Crippen LogP contribution in [0.25, 0.3) is 0 Å². The van der Waals surface area contributed by atoms with Crippen molar-refractivity contribution in [3.8, 4) is 0 Å². The van der Waals surface area contributed by atoms with Gasteiger partial charge in [0.25, 0.3) is 0 Å². The number of aromatic nitrogens is 4. The summed E-state index contributed by atoms with van der Waals surface area (Å²) in [6.45, 7) is 8.89. The van der Waals surface area contributed by atoms with Crippen LogP contribution in [0.1, 0.15) is 32.0 Å². The molecule has 0 aromatic carbocycles.